The van der Waals surface area contributed by atoms with Crippen LogP contribution in [0.25, 0.3) is 10.2 Å². The van der Waals surface area contributed by atoms with Crippen LogP contribution in [0.4, 0.5) is 0 Å². The third-order valence-corrected chi connectivity index (χ3v) is 9.00. The Morgan fingerprint density at radius 3 is 2.60 bits per heavy atom. The first-order chi connectivity index (χ1) is 14.0. The first-order valence-electron chi connectivity index (χ1n) is 9.40. The van der Waals surface area contributed by atoms with E-state index in [0.29, 0.717) is 29.0 Å². The maximum absolute atomic E-state index is 13.0. The van der Waals surface area contributed by atoms with Crippen molar-refractivity contribution in [2.45, 2.75) is 36.7 Å². The fourth-order valence-corrected chi connectivity index (χ4v) is 6.79. The predicted molar refractivity (Wildman–Crippen MR) is 121 cm³/mol. The SMILES string of the molecule is CSCCn1c(=NC(=O)C2CCCCN2S(C)(=O)=O)sc2cc(S(C)(=O)=O)ccc21. The minimum Gasteiger partial charge on any atom is -0.316 e. The normalized spacial score (nSPS) is 19.4. The van der Waals surface area contributed by atoms with E-state index in [4.69, 9.17) is 0 Å². The minimum absolute atomic E-state index is 0.210. The molecule has 0 bridgehead atoms. The van der Waals surface area contributed by atoms with Crippen molar-refractivity contribution in [3.8, 4) is 0 Å². The summed E-state index contributed by atoms with van der Waals surface area (Å²) in [6.07, 6.45) is 6.19. The van der Waals surface area contributed by atoms with Crippen LogP contribution in [0.3, 0.4) is 0 Å². The molecule has 2 heterocycles. The number of aryl methyl sites for hydroxylation is 1. The molecule has 8 nitrogen and oxygen atoms in total. The second-order valence-electron chi connectivity index (χ2n) is 7.27. The molecular weight excluding hydrogens is 466 g/mol. The number of thiazole rings is 1. The van der Waals surface area contributed by atoms with Crippen LogP contribution in [-0.4, -0.2) is 68.7 Å². The molecule has 30 heavy (non-hydrogen) atoms. The van der Waals surface area contributed by atoms with Crippen molar-refractivity contribution in [3.05, 3.63) is 23.0 Å². The summed E-state index contributed by atoms with van der Waals surface area (Å²) in [5.41, 5.74) is 0.802. The number of carbonyl (C=O) groups excluding carboxylic acids is 1. The second-order valence-corrected chi connectivity index (χ2v) is 13.2. The molecule has 1 aromatic heterocycles. The minimum atomic E-state index is -3.50. The van der Waals surface area contributed by atoms with Crippen molar-refractivity contribution in [2.75, 3.05) is 31.1 Å². The lowest BCUT2D eigenvalue weighted by molar-refractivity contribution is -0.122. The third-order valence-electron chi connectivity index (χ3n) is 4.97. The molecule has 1 amide bonds. The molecule has 0 N–H and O–H groups in total. The number of benzene rings is 1. The fourth-order valence-electron chi connectivity index (χ4n) is 3.49. The van der Waals surface area contributed by atoms with Gasteiger partial charge in [-0.15, -0.1) is 0 Å². The molecule has 1 saturated heterocycles. The van der Waals surface area contributed by atoms with E-state index >= 15 is 0 Å². The summed E-state index contributed by atoms with van der Waals surface area (Å²) in [5, 5.41) is 0. The molecule has 0 aliphatic carbocycles. The zero-order chi connectivity index (χ0) is 22.1. The van der Waals surface area contributed by atoms with E-state index in [9.17, 15) is 21.6 Å². The van der Waals surface area contributed by atoms with Gasteiger partial charge < -0.3 is 4.57 Å². The molecule has 0 spiro atoms. The topological polar surface area (TPSA) is 106 Å². The van der Waals surface area contributed by atoms with Gasteiger partial charge in [0.15, 0.2) is 14.6 Å². The lowest BCUT2D eigenvalue weighted by atomic mass is 10.0. The molecule has 0 radical (unpaired) electrons. The molecule has 1 aromatic carbocycles. The van der Waals surface area contributed by atoms with E-state index in [-0.39, 0.29) is 4.90 Å². The summed E-state index contributed by atoms with van der Waals surface area (Å²) in [5.74, 6) is 0.313. The van der Waals surface area contributed by atoms with Crippen molar-refractivity contribution in [2.24, 2.45) is 4.99 Å². The highest BCUT2D eigenvalue weighted by molar-refractivity contribution is 7.98. The number of carbonyl (C=O) groups is 1. The van der Waals surface area contributed by atoms with Crippen LogP contribution >= 0.6 is 23.1 Å². The van der Waals surface area contributed by atoms with Gasteiger partial charge in [-0.1, -0.05) is 17.8 Å². The zero-order valence-corrected chi connectivity index (χ0v) is 20.3. The maximum atomic E-state index is 13.0. The van der Waals surface area contributed by atoms with Crippen molar-refractivity contribution in [1.29, 1.82) is 0 Å². The van der Waals surface area contributed by atoms with E-state index < -0.39 is 31.8 Å². The predicted octanol–water partition coefficient (Wildman–Crippen LogP) is 1.71. The Kier molecular flexibility index (Phi) is 7.12. The standard InChI is InChI=1S/C18H25N3O5S4/c1-27-11-10-20-14-8-7-13(29(2,23)24)12-16(14)28-18(20)19-17(22)15-6-4-5-9-21(15)30(3,25)26/h7-8,12,15H,4-6,9-11H2,1-3H3. The van der Waals surface area contributed by atoms with Gasteiger partial charge in [-0.25, -0.2) is 16.8 Å². The van der Waals surface area contributed by atoms with Gasteiger partial charge in [-0.2, -0.15) is 21.1 Å². The van der Waals surface area contributed by atoms with Gasteiger partial charge in [0.1, 0.15) is 6.04 Å². The molecule has 3 rings (SSSR count). The van der Waals surface area contributed by atoms with Crippen molar-refractivity contribution in [3.63, 3.8) is 0 Å². The lowest BCUT2D eigenvalue weighted by Gasteiger charge is -2.31. The Hall–Kier alpha value is -1.21. The van der Waals surface area contributed by atoms with E-state index in [1.165, 1.54) is 15.6 Å². The Balaban J connectivity index is 2.10. The van der Waals surface area contributed by atoms with Crippen molar-refractivity contribution >= 4 is 59.1 Å². The average molecular weight is 492 g/mol. The molecule has 1 unspecified atom stereocenters. The number of thioether (sulfide) groups is 1. The number of hydrogen-bond acceptors (Lipinski definition) is 7. The molecule has 12 heteroatoms. The smallest absolute Gasteiger partial charge is 0.266 e. The lowest BCUT2D eigenvalue weighted by Crippen LogP contribution is -2.47. The van der Waals surface area contributed by atoms with Crippen LogP contribution in [0.15, 0.2) is 28.1 Å². The molecule has 2 aromatic rings. The van der Waals surface area contributed by atoms with Crippen molar-refractivity contribution < 1.29 is 21.6 Å². The quantitative estimate of drug-likeness (QED) is 0.609. The summed E-state index contributed by atoms with van der Waals surface area (Å²) < 4.78 is 51.9. The first-order valence-corrected chi connectivity index (χ1v) is 15.3. The highest BCUT2D eigenvalue weighted by Gasteiger charge is 2.34. The Labute approximate surface area is 185 Å². The summed E-state index contributed by atoms with van der Waals surface area (Å²) in [6, 6.07) is 4.09. The number of hydrogen-bond donors (Lipinski definition) is 0. The Morgan fingerprint density at radius 1 is 1.23 bits per heavy atom. The van der Waals surface area contributed by atoms with Gasteiger partial charge in [-0.3, -0.25) is 4.79 Å². The molecule has 1 fully saturated rings. The number of fused-ring (bicyclic) bond motifs is 1. The summed E-state index contributed by atoms with van der Waals surface area (Å²) in [6.45, 7) is 0.924. The molecular formula is C18H25N3O5S4. The number of rotatable bonds is 6. The zero-order valence-electron chi connectivity index (χ0n) is 17.1. The number of nitrogens with zero attached hydrogens (tertiary/aromatic N) is 3. The van der Waals surface area contributed by atoms with Crippen LogP contribution in [0.5, 0.6) is 0 Å². The number of amides is 1. The van der Waals surface area contributed by atoms with Crippen molar-refractivity contribution in [1.82, 2.24) is 8.87 Å². The third kappa shape index (κ3) is 5.16. The molecule has 0 saturated carbocycles. The summed E-state index contributed by atoms with van der Waals surface area (Å²) in [7, 11) is -6.86. The van der Waals surface area contributed by atoms with Gasteiger partial charge in [0.05, 0.1) is 21.4 Å². The van der Waals surface area contributed by atoms with E-state index in [1.54, 1.807) is 30.0 Å². The average Bonchev–Trinajstić information content (AvgIpc) is 3.01. The second kappa shape index (κ2) is 9.11. The summed E-state index contributed by atoms with van der Waals surface area (Å²) >= 11 is 2.89. The number of sulfonamides is 1. The Morgan fingerprint density at radius 2 is 1.97 bits per heavy atom. The Bertz CT molecular complexity index is 1230. The van der Waals surface area contributed by atoms with Gasteiger partial charge in [0, 0.05) is 25.1 Å². The van der Waals surface area contributed by atoms with Crippen LogP contribution in [0.1, 0.15) is 19.3 Å². The highest BCUT2D eigenvalue weighted by Crippen LogP contribution is 2.24. The van der Waals surface area contributed by atoms with E-state index in [2.05, 4.69) is 4.99 Å². The monoisotopic (exact) mass is 491 g/mol. The largest absolute Gasteiger partial charge is 0.316 e. The molecule has 166 valence electrons. The highest BCUT2D eigenvalue weighted by atomic mass is 32.2. The van der Waals surface area contributed by atoms with E-state index in [0.717, 1.165) is 36.6 Å². The maximum Gasteiger partial charge on any atom is 0.266 e. The first kappa shape index (κ1) is 23.5. The van der Waals surface area contributed by atoms with Crippen LogP contribution < -0.4 is 4.80 Å². The van der Waals surface area contributed by atoms with Gasteiger partial charge in [-0.05, 0) is 37.3 Å². The fraction of sp³-hybridized carbons (Fsp3) is 0.556. The van der Waals surface area contributed by atoms with Gasteiger partial charge >= 0.3 is 0 Å². The number of aromatic nitrogens is 1. The number of sulfone groups is 1. The molecule has 1 aliphatic heterocycles. The molecule has 1 atom stereocenters. The summed E-state index contributed by atoms with van der Waals surface area (Å²) in [4.78, 5) is 17.9. The molecule has 1 aliphatic rings. The van der Waals surface area contributed by atoms with Crippen LogP contribution in [-0.2, 0) is 31.2 Å². The van der Waals surface area contributed by atoms with Gasteiger partial charge in [0.25, 0.3) is 5.91 Å². The van der Waals surface area contributed by atoms with Crippen LogP contribution in [0.2, 0.25) is 0 Å². The van der Waals surface area contributed by atoms with Gasteiger partial charge in [0.2, 0.25) is 10.0 Å². The number of piperidine rings is 1. The van der Waals surface area contributed by atoms with Crippen LogP contribution in [0, 0.1) is 0 Å². The van der Waals surface area contributed by atoms with E-state index in [1.807, 2.05) is 10.8 Å².